The van der Waals surface area contributed by atoms with Gasteiger partial charge in [0.05, 0.1) is 0 Å². The van der Waals surface area contributed by atoms with Gasteiger partial charge in [-0.1, -0.05) is 60.7 Å². The van der Waals surface area contributed by atoms with Crippen LogP contribution in [0.3, 0.4) is 0 Å². The van der Waals surface area contributed by atoms with E-state index in [0.29, 0.717) is 11.1 Å². The van der Waals surface area contributed by atoms with Crippen molar-refractivity contribution in [3.05, 3.63) is 71.8 Å². The van der Waals surface area contributed by atoms with Gasteiger partial charge in [0.2, 0.25) is 0 Å². The fourth-order valence-corrected chi connectivity index (χ4v) is 3.84. The molecule has 0 radical (unpaired) electrons. The lowest BCUT2D eigenvalue weighted by atomic mass is 10.2. The highest BCUT2D eigenvalue weighted by Crippen LogP contribution is 2.66. The average Bonchev–Trinajstić information content (AvgIpc) is 2.54. The van der Waals surface area contributed by atoms with Gasteiger partial charge in [0.25, 0.3) is 7.37 Å². The topological polar surface area (TPSA) is 66.8 Å². The predicted molar refractivity (Wildman–Crippen MR) is 77.4 cm³/mol. The largest absolute Gasteiger partial charge is 0.378 e. The van der Waals surface area contributed by atoms with Crippen molar-refractivity contribution in [1.82, 2.24) is 0 Å². The average molecular weight is 292 g/mol. The number of aliphatic hydroxyl groups excluding tert-OH is 2. The molecule has 0 fully saturated rings. The van der Waals surface area contributed by atoms with Crippen molar-refractivity contribution < 1.29 is 19.3 Å². The standard InChI is InChI=1S/C15H17O4P/c1-19-20(18,14(16)12-8-4-2-5-9-12)15(17)13-10-6-3-7-11-13/h2-11,14-17H,1H3/t14-,15-/m0/s1. The summed E-state index contributed by atoms with van der Waals surface area (Å²) < 4.78 is 17.9. The molecule has 0 amide bonds. The zero-order valence-corrected chi connectivity index (χ0v) is 12.0. The molecule has 106 valence electrons. The Kier molecular flexibility index (Phi) is 4.73. The van der Waals surface area contributed by atoms with Crippen LogP contribution in [0.25, 0.3) is 0 Å². The lowest BCUT2D eigenvalue weighted by Crippen LogP contribution is -2.09. The van der Waals surface area contributed by atoms with Gasteiger partial charge in [0, 0.05) is 7.11 Å². The van der Waals surface area contributed by atoms with Crippen LogP contribution in [0.1, 0.15) is 22.8 Å². The van der Waals surface area contributed by atoms with E-state index in [1.807, 2.05) is 0 Å². The van der Waals surface area contributed by atoms with Crippen LogP contribution in [0.5, 0.6) is 0 Å². The molecule has 2 N–H and O–H groups in total. The highest BCUT2D eigenvalue weighted by Gasteiger charge is 2.41. The van der Waals surface area contributed by atoms with Crippen molar-refractivity contribution in [2.45, 2.75) is 11.7 Å². The summed E-state index contributed by atoms with van der Waals surface area (Å²) in [5.74, 6) is -2.74. The maximum atomic E-state index is 12.9. The lowest BCUT2D eigenvalue weighted by molar-refractivity contribution is 0.175. The smallest absolute Gasteiger partial charge is 0.266 e. The van der Waals surface area contributed by atoms with E-state index in [2.05, 4.69) is 0 Å². The van der Waals surface area contributed by atoms with Crippen LogP contribution < -0.4 is 0 Å². The van der Waals surface area contributed by atoms with Gasteiger partial charge in [0.1, 0.15) is 0 Å². The van der Waals surface area contributed by atoms with E-state index in [-0.39, 0.29) is 0 Å². The molecule has 0 heterocycles. The fourth-order valence-electron chi connectivity index (χ4n) is 2.00. The summed E-state index contributed by atoms with van der Waals surface area (Å²) >= 11 is 0. The van der Waals surface area contributed by atoms with Crippen molar-refractivity contribution in [3.63, 3.8) is 0 Å². The van der Waals surface area contributed by atoms with Crippen LogP contribution in [0.4, 0.5) is 0 Å². The molecular weight excluding hydrogens is 275 g/mol. The first-order chi connectivity index (χ1) is 9.59. The highest BCUT2D eigenvalue weighted by molar-refractivity contribution is 7.59. The normalized spacial score (nSPS) is 14.8. The summed E-state index contributed by atoms with van der Waals surface area (Å²) in [6.07, 6.45) is 0. The Hall–Kier alpha value is -1.45. The van der Waals surface area contributed by atoms with E-state index in [1.165, 1.54) is 7.11 Å². The van der Waals surface area contributed by atoms with E-state index < -0.39 is 19.1 Å². The van der Waals surface area contributed by atoms with E-state index in [1.54, 1.807) is 60.7 Å². The van der Waals surface area contributed by atoms with Gasteiger partial charge >= 0.3 is 0 Å². The molecule has 5 heteroatoms. The molecule has 20 heavy (non-hydrogen) atoms. The summed E-state index contributed by atoms with van der Waals surface area (Å²) in [6, 6.07) is 17.1. The number of hydrogen-bond acceptors (Lipinski definition) is 4. The van der Waals surface area contributed by atoms with Crippen molar-refractivity contribution in [3.8, 4) is 0 Å². The van der Waals surface area contributed by atoms with E-state index in [9.17, 15) is 14.8 Å². The van der Waals surface area contributed by atoms with Gasteiger partial charge in [-0.2, -0.15) is 0 Å². The van der Waals surface area contributed by atoms with Crippen LogP contribution in [0, 0.1) is 0 Å². The second-order valence-electron chi connectivity index (χ2n) is 4.40. The van der Waals surface area contributed by atoms with E-state index in [4.69, 9.17) is 4.52 Å². The van der Waals surface area contributed by atoms with Crippen molar-refractivity contribution in [2.24, 2.45) is 0 Å². The van der Waals surface area contributed by atoms with Crippen molar-refractivity contribution in [2.75, 3.05) is 7.11 Å². The van der Waals surface area contributed by atoms with Gasteiger partial charge < -0.3 is 14.7 Å². The molecule has 2 atom stereocenters. The predicted octanol–water partition coefficient (Wildman–Crippen LogP) is 3.29. The lowest BCUT2D eigenvalue weighted by Gasteiger charge is -2.27. The summed E-state index contributed by atoms with van der Waals surface area (Å²) in [6.45, 7) is 0. The highest BCUT2D eigenvalue weighted by atomic mass is 31.2. The Morgan fingerprint density at radius 1 is 0.850 bits per heavy atom. The molecule has 0 saturated heterocycles. The zero-order valence-electron chi connectivity index (χ0n) is 11.1. The quantitative estimate of drug-likeness (QED) is 0.830. The minimum Gasteiger partial charge on any atom is -0.378 e. The number of rotatable bonds is 5. The first kappa shape index (κ1) is 14.9. The first-order valence-corrected chi connectivity index (χ1v) is 7.97. The molecule has 0 spiro atoms. The van der Waals surface area contributed by atoms with Crippen molar-refractivity contribution in [1.29, 1.82) is 0 Å². The molecule has 0 aromatic heterocycles. The molecule has 2 aromatic rings. The molecule has 0 saturated carbocycles. The third-order valence-electron chi connectivity index (χ3n) is 3.16. The van der Waals surface area contributed by atoms with Gasteiger partial charge in [-0.3, -0.25) is 4.57 Å². The SMILES string of the molecule is COP(=O)([C@H](O)c1ccccc1)[C@H](O)c1ccccc1. The Morgan fingerprint density at radius 3 is 1.50 bits per heavy atom. The molecule has 0 aliphatic heterocycles. The third kappa shape index (κ3) is 2.84. The molecule has 0 unspecified atom stereocenters. The van der Waals surface area contributed by atoms with Crippen LogP contribution in [0.2, 0.25) is 0 Å². The minimum atomic E-state index is -3.72. The Morgan fingerprint density at radius 2 is 1.20 bits per heavy atom. The summed E-state index contributed by atoms with van der Waals surface area (Å²) in [4.78, 5) is 0. The first-order valence-electron chi connectivity index (χ1n) is 6.20. The Balaban J connectivity index is 2.36. The monoisotopic (exact) mass is 292 g/mol. The molecule has 2 rings (SSSR count). The third-order valence-corrected chi connectivity index (χ3v) is 5.69. The van der Waals surface area contributed by atoms with Crippen LogP contribution >= 0.6 is 7.37 Å². The minimum absolute atomic E-state index is 0.452. The second-order valence-corrected chi connectivity index (χ2v) is 7.03. The molecular formula is C15H17O4P. The second kappa shape index (κ2) is 6.33. The van der Waals surface area contributed by atoms with Gasteiger partial charge in [-0.25, -0.2) is 0 Å². The Bertz CT molecular complexity index is 536. The molecule has 2 aromatic carbocycles. The molecule has 0 aliphatic carbocycles. The number of aliphatic hydroxyl groups is 2. The fraction of sp³-hybridized carbons (Fsp3) is 0.200. The number of hydrogen-bond donors (Lipinski definition) is 2. The Labute approximate surface area is 118 Å². The molecule has 0 bridgehead atoms. The van der Waals surface area contributed by atoms with Gasteiger partial charge in [-0.15, -0.1) is 0 Å². The van der Waals surface area contributed by atoms with Gasteiger partial charge in [0.15, 0.2) is 11.7 Å². The summed E-state index contributed by atoms with van der Waals surface area (Å²) in [5, 5.41) is 20.6. The molecule has 0 aliphatic rings. The van der Waals surface area contributed by atoms with Crippen LogP contribution in [-0.4, -0.2) is 17.3 Å². The van der Waals surface area contributed by atoms with E-state index in [0.717, 1.165) is 0 Å². The number of benzene rings is 2. The summed E-state index contributed by atoms with van der Waals surface area (Å²) in [7, 11) is -2.48. The summed E-state index contributed by atoms with van der Waals surface area (Å²) in [5.41, 5.74) is 0.903. The molecule has 4 nitrogen and oxygen atoms in total. The zero-order chi connectivity index (χ0) is 14.6. The van der Waals surface area contributed by atoms with Crippen LogP contribution in [0.15, 0.2) is 60.7 Å². The van der Waals surface area contributed by atoms with Crippen LogP contribution in [-0.2, 0) is 9.09 Å². The van der Waals surface area contributed by atoms with Gasteiger partial charge in [-0.05, 0) is 11.1 Å². The maximum absolute atomic E-state index is 12.9. The van der Waals surface area contributed by atoms with Crippen molar-refractivity contribution >= 4 is 7.37 Å². The van der Waals surface area contributed by atoms with E-state index >= 15 is 0 Å². The maximum Gasteiger partial charge on any atom is 0.266 e.